The number of nitrogens with one attached hydrogen (secondary N) is 2. The summed E-state index contributed by atoms with van der Waals surface area (Å²) in [6.45, 7) is 4.74. The van der Waals surface area contributed by atoms with Crippen LogP contribution in [-0.4, -0.2) is 50.0 Å². The van der Waals surface area contributed by atoms with Crippen molar-refractivity contribution < 1.29 is 14.6 Å². The standard InChI is InChI=1S/C10H20N2O3/c1-8(2-4-13)6-12-10(14)9-7-11-3-5-15-9/h8-9,11,13H,2-7H2,1H3,(H,12,14). The lowest BCUT2D eigenvalue weighted by molar-refractivity contribution is -0.134. The number of rotatable bonds is 5. The summed E-state index contributed by atoms with van der Waals surface area (Å²) >= 11 is 0. The number of aliphatic hydroxyl groups is 1. The van der Waals surface area contributed by atoms with Crippen molar-refractivity contribution in [1.82, 2.24) is 10.6 Å². The summed E-state index contributed by atoms with van der Waals surface area (Å²) in [5, 5.41) is 14.6. The molecule has 1 aliphatic rings. The monoisotopic (exact) mass is 216 g/mol. The van der Waals surface area contributed by atoms with Crippen molar-refractivity contribution in [2.75, 3.05) is 32.8 Å². The van der Waals surface area contributed by atoms with Crippen LogP contribution >= 0.6 is 0 Å². The predicted octanol–water partition coefficient (Wildman–Crippen LogP) is -0.890. The average Bonchev–Trinajstić information content (AvgIpc) is 2.27. The second-order valence-electron chi connectivity index (χ2n) is 3.93. The second-order valence-corrected chi connectivity index (χ2v) is 3.93. The lowest BCUT2D eigenvalue weighted by Crippen LogP contribution is -2.48. The van der Waals surface area contributed by atoms with Crippen molar-refractivity contribution in [1.29, 1.82) is 0 Å². The fourth-order valence-electron chi connectivity index (χ4n) is 1.44. The predicted molar refractivity (Wildman–Crippen MR) is 56.5 cm³/mol. The van der Waals surface area contributed by atoms with Crippen molar-refractivity contribution in [2.45, 2.75) is 19.4 Å². The molecule has 0 aromatic heterocycles. The summed E-state index contributed by atoms with van der Waals surface area (Å²) in [6.07, 6.45) is 0.351. The van der Waals surface area contributed by atoms with E-state index in [1.807, 2.05) is 6.92 Å². The van der Waals surface area contributed by atoms with Crippen molar-refractivity contribution in [3.8, 4) is 0 Å². The van der Waals surface area contributed by atoms with Crippen LogP contribution in [0.2, 0.25) is 0 Å². The maximum atomic E-state index is 11.6. The van der Waals surface area contributed by atoms with Gasteiger partial charge in [0.15, 0.2) is 0 Å². The highest BCUT2D eigenvalue weighted by atomic mass is 16.5. The van der Waals surface area contributed by atoms with Gasteiger partial charge in [0.1, 0.15) is 6.10 Å². The molecule has 0 spiro atoms. The summed E-state index contributed by atoms with van der Waals surface area (Å²) < 4.78 is 5.31. The molecule has 0 aromatic rings. The van der Waals surface area contributed by atoms with Crippen LogP contribution in [0.1, 0.15) is 13.3 Å². The van der Waals surface area contributed by atoms with E-state index >= 15 is 0 Å². The van der Waals surface area contributed by atoms with E-state index in [1.54, 1.807) is 0 Å². The van der Waals surface area contributed by atoms with E-state index in [-0.39, 0.29) is 18.6 Å². The van der Waals surface area contributed by atoms with Gasteiger partial charge in [0, 0.05) is 26.2 Å². The Labute approximate surface area is 90.2 Å². The largest absolute Gasteiger partial charge is 0.396 e. The Morgan fingerprint density at radius 1 is 1.73 bits per heavy atom. The van der Waals surface area contributed by atoms with Gasteiger partial charge >= 0.3 is 0 Å². The van der Waals surface area contributed by atoms with Gasteiger partial charge in [-0.25, -0.2) is 0 Å². The Kier molecular flexibility index (Phi) is 5.60. The van der Waals surface area contributed by atoms with Crippen LogP contribution in [0, 0.1) is 5.92 Å². The van der Waals surface area contributed by atoms with E-state index in [4.69, 9.17) is 9.84 Å². The van der Waals surface area contributed by atoms with Crippen molar-refractivity contribution >= 4 is 5.91 Å². The summed E-state index contributed by atoms with van der Waals surface area (Å²) in [4.78, 5) is 11.6. The molecular weight excluding hydrogens is 196 g/mol. The average molecular weight is 216 g/mol. The Bertz CT molecular complexity index is 193. The lowest BCUT2D eigenvalue weighted by atomic mass is 10.1. The zero-order valence-corrected chi connectivity index (χ0v) is 9.16. The number of carbonyl (C=O) groups is 1. The van der Waals surface area contributed by atoms with E-state index < -0.39 is 0 Å². The summed E-state index contributed by atoms with van der Waals surface area (Å²) in [5.74, 6) is 0.238. The molecule has 1 rings (SSSR count). The third-order valence-electron chi connectivity index (χ3n) is 2.47. The SMILES string of the molecule is CC(CCO)CNC(=O)C1CNCCO1. The molecule has 2 unspecified atom stereocenters. The normalized spacial score (nSPS) is 23.5. The van der Waals surface area contributed by atoms with E-state index in [0.29, 0.717) is 32.0 Å². The van der Waals surface area contributed by atoms with E-state index in [1.165, 1.54) is 0 Å². The maximum absolute atomic E-state index is 11.6. The number of ether oxygens (including phenoxy) is 1. The van der Waals surface area contributed by atoms with Gasteiger partial charge in [-0.15, -0.1) is 0 Å². The molecule has 1 fully saturated rings. The summed E-state index contributed by atoms with van der Waals surface area (Å²) in [6, 6.07) is 0. The highest BCUT2D eigenvalue weighted by molar-refractivity contribution is 5.81. The number of hydrogen-bond acceptors (Lipinski definition) is 4. The van der Waals surface area contributed by atoms with Gasteiger partial charge in [-0.2, -0.15) is 0 Å². The lowest BCUT2D eigenvalue weighted by Gasteiger charge is -2.23. The molecule has 1 aliphatic heterocycles. The molecule has 1 amide bonds. The van der Waals surface area contributed by atoms with Crippen LogP contribution in [0.25, 0.3) is 0 Å². The van der Waals surface area contributed by atoms with Gasteiger partial charge in [0.2, 0.25) is 5.91 Å². The quantitative estimate of drug-likeness (QED) is 0.557. The molecule has 2 atom stereocenters. The molecule has 0 aliphatic carbocycles. The molecule has 1 heterocycles. The molecule has 15 heavy (non-hydrogen) atoms. The Hall–Kier alpha value is -0.650. The first kappa shape index (κ1) is 12.4. The third kappa shape index (κ3) is 4.59. The maximum Gasteiger partial charge on any atom is 0.250 e. The highest BCUT2D eigenvalue weighted by Crippen LogP contribution is 2.00. The fourth-order valence-corrected chi connectivity index (χ4v) is 1.44. The molecule has 3 N–H and O–H groups in total. The zero-order valence-electron chi connectivity index (χ0n) is 9.16. The van der Waals surface area contributed by atoms with Gasteiger partial charge in [-0.3, -0.25) is 4.79 Å². The summed E-state index contributed by atoms with van der Waals surface area (Å²) in [5.41, 5.74) is 0. The van der Waals surface area contributed by atoms with Crippen molar-refractivity contribution in [2.24, 2.45) is 5.92 Å². The molecule has 5 nitrogen and oxygen atoms in total. The van der Waals surface area contributed by atoms with E-state index in [0.717, 1.165) is 6.54 Å². The van der Waals surface area contributed by atoms with Gasteiger partial charge in [0.25, 0.3) is 0 Å². The Morgan fingerprint density at radius 2 is 2.53 bits per heavy atom. The first-order valence-electron chi connectivity index (χ1n) is 5.45. The van der Waals surface area contributed by atoms with Gasteiger partial charge < -0.3 is 20.5 Å². The van der Waals surface area contributed by atoms with Crippen LogP contribution in [0.5, 0.6) is 0 Å². The molecule has 5 heteroatoms. The van der Waals surface area contributed by atoms with Gasteiger partial charge in [-0.1, -0.05) is 6.92 Å². The molecule has 0 aromatic carbocycles. The second kappa shape index (κ2) is 6.76. The van der Waals surface area contributed by atoms with E-state index in [2.05, 4.69) is 10.6 Å². The number of aliphatic hydroxyl groups excluding tert-OH is 1. The van der Waals surface area contributed by atoms with Crippen LogP contribution in [0.3, 0.4) is 0 Å². The number of amides is 1. The van der Waals surface area contributed by atoms with Gasteiger partial charge in [0.05, 0.1) is 6.61 Å². The number of hydrogen-bond donors (Lipinski definition) is 3. The van der Waals surface area contributed by atoms with Crippen molar-refractivity contribution in [3.05, 3.63) is 0 Å². The molecule has 0 radical (unpaired) electrons. The van der Waals surface area contributed by atoms with E-state index in [9.17, 15) is 4.79 Å². The van der Waals surface area contributed by atoms with Crippen LogP contribution in [-0.2, 0) is 9.53 Å². The van der Waals surface area contributed by atoms with Gasteiger partial charge in [-0.05, 0) is 12.3 Å². The Morgan fingerprint density at radius 3 is 3.13 bits per heavy atom. The molecule has 88 valence electrons. The van der Waals surface area contributed by atoms with Crippen LogP contribution in [0.15, 0.2) is 0 Å². The number of carbonyl (C=O) groups excluding carboxylic acids is 1. The summed E-state index contributed by atoms with van der Waals surface area (Å²) in [7, 11) is 0. The van der Waals surface area contributed by atoms with Crippen LogP contribution in [0.4, 0.5) is 0 Å². The molecule has 1 saturated heterocycles. The molecule has 0 saturated carbocycles. The first-order valence-corrected chi connectivity index (χ1v) is 5.45. The fraction of sp³-hybridized carbons (Fsp3) is 0.900. The molecular formula is C10H20N2O3. The first-order chi connectivity index (χ1) is 7.24. The minimum atomic E-state index is -0.361. The minimum Gasteiger partial charge on any atom is -0.396 e. The zero-order chi connectivity index (χ0) is 11.1. The molecule has 0 bridgehead atoms. The topological polar surface area (TPSA) is 70.6 Å². The minimum absolute atomic E-state index is 0.0630. The smallest absolute Gasteiger partial charge is 0.250 e. The number of morpholine rings is 1. The highest BCUT2D eigenvalue weighted by Gasteiger charge is 2.21. The van der Waals surface area contributed by atoms with Crippen LogP contribution < -0.4 is 10.6 Å². The van der Waals surface area contributed by atoms with Crippen molar-refractivity contribution in [3.63, 3.8) is 0 Å². The third-order valence-corrected chi connectivity index (χ3v) is 2.47. The Balaban J connectivity index is 2.16.